The molecule has 202 valence electrons. The summed E-state index contributed by atoms with van der Waals surface area (Å²) < 4.78 is 0. The van der Waals surface area contributed by atoms with E-state index in [1.165, 1.54) is 37.7 Å². The lowest BCUT2D eigenvalue weighted by atomic mass is 9.89. The SMILES string of the molecule is CC(C)N1CCC(c2ccc(Nc3nc(-c4ccc(N5CCCCC5)nc4)cc4cc[nH]c(=O)c34)cc2)CC1. The molecule has 0 amide bonds. The number of H-pyrrole nitrogens is 1. The van der Waals surface area contributed by atoms with Crippen LogP contribution < -0.4 is 15.8 Å². The Kier molecular flexibility index (Phi) is 7.33. The van der Waals surface area contributed by atoms with E-state index in [0.717, 1.165) is 54.3 Å². The van der Waals surface area contributed by atoms with Crippen molar-refractivity contribution in [1.82, 2.24) is 19.9 Å². The fourth-order valence-corrected chi connectivity index (χ4v) is 6.02. The molecule has 0 spiro atoms. The Hall–Kier alpha value is -3.71. The molecule has 39 heavy (non-hydrogen) atoms. The van der Waals surface area contributed by atoms with Crippen molar-refractivity contribution >= 4 is 28.1 Å². The summed E-state index contributed by atoms with van der Waals surface area (Å²) in [5, 5.41) is 4.85. The Labute approximate surface area is 230 Å². The van der Waals surface area contributed by atoms with E-state index in [0.29, 0.717) is 23.2 Å². The summed E-state index contributed by atoms with van der Waals surface area (Å²) in [6.07, 6.45) is 9.71. The average molecular weight is 523 g/mol. The van der Waals surface area contributed by atoms with Crippen molar-refractivity contribution in [2.75, 3.05) is 36.4 Å². The van der Waals surface area contributed by atoms with Crippen LogP contribution in [0.3, 0.4) is 0 Å². The molecule has 2 aliphatic heterocycles. The third kappa shape index (κ3) is 5.55. The molecule has 2 aliphatic rings. The highest BCUT2D eigenvalue weighted by molar-refractivity contribution is 5.95. The topological polar surface area (TPSA) is 77.2 Å². The van der Waals surface area contributed by atoms with Crippen LogP contribution in [0.1, 0.15) is 57.4 Å². The highest BCUT2D eigenvalue weighted by Crippen LogP contribution is 2.32. The van der Waals surface area contributed by atoms with E-state index in [9.17, 15) is 4.79 Å². The second-order valence-corrected chi connectivity index (χ2v) is 11.2. The van der Waals surface area contributed by atoms with Gasteiger partial charge in [0.1, 0.15) is 11.6 Å². The van der Waals surface area contributed by atoms with Crippen molar-refractivity contribution in [3.05, 3.63) is 76.8 Å². The molecule has 2 saturated heterocycles. The fraction of sp³-hybridized carbons (Fsp3) is 0.406. The maximum atomic E-state index is 12.8. The molecule has 2 N–H and O–H groups in total. The fourth-order valence-electron chi connectivity index (χ4n) is 6.02. The van der Waals surface area contributed by atoms with Gasteiger partial charge in [0.05, 0.1) is 11.1 Å². The number of nitrogens with zero attached hydrogens (tertiary/aromatic N) is 4. The molecule has 1 aromatic carbocycles. The Balaban J connectivity index is 1.25. The molecule has 0 radical (unpaired) electrons. The lowest BCUT2D eigenvalue weighted by Gasteiger charge is -2.34. The number of pyridine rings is 3. The second kappa shape index (κ2) is 11.2. The van der Waals surface area contributed by atoms with E-state index >= 15 is 0 Å². The molecule has 2 fully saturated rings. The van der Waals surface area contributed by atoms with Crippen LogP contribution in [0.2, 0.25) is 0 Å². The summed E-state index contributed by atoms with van der Waals surface area (Å²) >= 11 is 0. The second-order valence-electron chi connectivity index (χ2n) is 11.2. The summed E-state index contributed by atoms with van der Waals surface area (Å²) in [5.74, 6) is 2.17. The lowest BCUT2D eigenvalue weighted by Crippen LogP contribution is -2.37. The van der Waals surface area contributed by atoms with Gasteiger partial charge < -0.3 is 20.1 Å². The molecule has 0 unspecified atom stereocenters. The summed E-state index contributed by atoms with van der Waals surface area (Å²) in [4.78, 5) is 30.2. The Morgan fingerprint density at radius 1 is 0.949 bits per heavy atom. The highest BCUT2D eigenvalue weighted by atomic mass is 16.1. The number of aromatic nitrogens is 3. The zero-order valence-electron chi connectivity index (χ0n) is 23.0. The van der Waals surface area contributed by atoms with Gasteiger partial charge in [-0.3, -0.25) is 4.79 Å². The monoisotopic (exact) mass is 522 g/mol. The number of rotatable bonds is 6. The predicted octanol–water partition coefficient (Wildman–Crippen LogP) is 6.31. The molecular formula is C32H38N6O. The Morgan fingerprint density at radius 2 is 1.72 bits per heavy atom. The van der Waals surface area contributed by atoms with Crippen molar-refractivity contribution in [2.45, 2.75) is 57.9 Å². The number of hydrogen-bond donors (Lipinski definition) is 2. The number of piperidine rings is 2. The molecule has 7 heteroatoms. The van der Waals surface area contributed by atoms with Crippen LogP contribution in [0.5, 0.6) is 0 Å². The number of benzene rings is 1. The zero-order chi connectivity index (χ0) is 26.8. The number of anilines is 3. The predicted molar refractivity (Wildman–Crippen MR) is 160 cm³/mol. The molecule has 0 atom stereocenters. The van der Waals surface area contributed by atoms with E-state index in [1.807, 2.05) is 18.3 Å². The maximum Gasteiger partial charge on any atom is 0.259 e. The smallest absolute Gasteiger partial charge is 0.259 e. The number of nitrogens with one attached hydrogen (secondary N) is 2. The zero-order valence-corrected chi connectivity index (χ0v) is 23.0. The first-order chi connectivity index (χ1) is 19.0. The van der Waals surface area contributed by atoms with Crippen LogP contribution in [-0.2, 0) is 0 Å². The van der Waals surface area contributed by atoms with Crippen molar-refractivity contribution in [2.24, 2.45) is 0 Å². The minimum Gasteiger partial charge on any atom is -0.357 e. The third-order valence-corrected chi connectivity index (χ3v) is 8.38. The summed E-state index contributed by atoms with van der Waals surface area (Å²) in [6.45, 7) is 8.99. The third-order valence-electron chi connectivity index (χ3n) is 8.38. The van der Waals surface area contributed by atoms with Crippen LogP contribution in [0.4, 0.5) is 17.3 Å². The van der Waals surface area contributed by atoms with Crippen LogP contribution >= 0.6 is 0 Å². The van der Waals surface area contributed by atoms with Gasteiger partial charge in [-0.2, -0.15) is 0 Å². The number of likely N-dealkylation sites (tertiary alicyclic amines) is 1. The van der Waals surface area contributed by atoms with E-state index in [2.05, 4.69) is 70.3 Å². The molecule has 3 aromatic heterocycles. The van der Waals surface area contributed by atoms with Gasteiger partial charge in [-0.1, -0.05) is 12.1 Å². The summed E-state index contributed by atoms with van der Waals surface area (Å²) in [5.41, 5.74) is 3.88. The molecule has 4 aromatic rings. The normalized spacial score (nSPS) is 17.2. The number of fused-ring (bicyclic) bond motifs is 1. The Morgan fingerprint density at radius 3 is 2.41 bits per heavy atom. The first kappa shape index (κ1) is 25.6. The Bertz CT molecular complexity index is 1460. The molecule has 0 saturated carbocycles. The standard InChI is InChI=1S/C32H38N6O/c1-22(2)37-18-13-24(14-19-37)23-6-9-27(10-7-23)35-31-30-25(12-15-33-32(30)39)20-28(36-31)26-8-11-29(34-21-26)38-16-4-3-5-17-38/h6-12,15,20-22,24H,3-5,13-14,16-19H2,1-2H3,(H,33,39)(H,35,36). The van der Waals surface area contributed by atoms with E-state index in [-0.39, 0.29) is 5.56 Å². The highest BCUT2D eigenvalue weighted by Gasteiger charge is 2.22. The minimum atomic E-state index is -0.152. The van der Waals surface area contributed by atoms with Gasteiger partial charge in [-0.05, 0) is 112 Å². The quantitative estimate of drug-likeness (QED) is 0.309. The van der Waals surface area contributed by atoms with Crippen LogP contribution in [-0.4, -0.2) is 52.1 Å². The number of aromatic amines is 1. The van der Waals surface area contributed by atoms with Crippen molar-refractivity contribution in [1.29, 1.82) is 0 Å². The first-order valence-corrected chi connectivity index (χ1v) is 14.4. The van der Waals surface area contributed by atoms with Gasteiger partial charge in [-0.15, -0.1) is 0 Å². The minimum absolute atomic E-state index is 0.152. The molecular weight excluding hydrogens is 484 g/mol. The van der Waals surface area contributed by atoms with Crippen LogP contribution in [0, 0.1) is 0 Å². The van der Waals surface area contributed by atoms with Gasteiger partial charge in [0.25, 0.3) is 5.56 Å². The van der Waals surface area contributed by atoms with Crippen LogP contribution in [0.15, 0.2) is 65.7 Å². The molecule has 5 heterocycles. The van der Waals surface area contributed by atoms with Gasteiger partial charge >= 0.3 is 0 Å². The van der Waals surface area contributed by atoms with Gasteiger partial charge in [0.2, 0.25) is 0 Å². The lowest BCUT2D eigenvalue weighted by molar-refractivity contribution is 0.172. The van der Waals surface area contributed by atoms with Gasteiger partial charge in [0.15, 0.2) is 0 Å². The largest absolute Gasteiger partial charge is 0.357 e. The summed E-state index contributed by atoms with van der Waals surface area (Å²) in [6, 6.07) is 17.3. The number of hydrogen-bond acceptors (Lipinski definition) is 6. The van der Waals surface area contributed by atoms with E-state index in [1.54, 1.807) is 6.20 Å². The summed E-state index contributed by atoms with van der Waals surface area (Å²) in [7, 11) is 0. The molecule has 0 bridgehead atoms. The molecule has 6 rings (SSSR count). The van der Waals surface area contributed by atoms with Gasteiger partial charge in [-0.25, -0.2) is 9.97 Å². The van der Waals surface area contributed by atoms with Crippen molar-refractivity contribution < 1.29 is 0 Å². The van der Waals surface area contributed by atoms with Crippen molar-refractivity contribution in [3.63, 3.8) is 0 Å². The van der Waals surface area contributed by atoms with E-state index in [4.69, 9.17) is 9.97 Å². The average Bonchev–Trinajstić information content (AvgIpc) is 2.98. The molecule has 7 nitrogen and oxygen atoms in total. The van der Waals surface area contributed by atoms with Crippen LogP contribution in [0.25, 0.3) is 22.0 Å². The van der Waals surface area contributed by atoms with E-state index < -0.39 is 0 Å². The molecule has 0 aliphatic carbocycles. The van der Waals surface area contributed by atoms with Gasteiger partial charge in [0, 0.05) is 42.8 Å². The first-order valence-electron chi connectivity index (χ1n) is 14.4. The maximum absolute atomic E-state index is 12.8. The van der Waals surface area contributed by atoms with Crippen molar-refractivity contribution in [3.8, 4) is 11.3 Å².